The summed E-state index contributed by atoms with van der Waals surface area (Å²) < 4.78 is 23.5. The van der Waals surface area contributed by atoms with Gasteiger partial charge in [-0.1, -0.05) is 86.8 Å². The van der Waals surface area contributed by atoms with Crippen LogP contribution in [0.15, 0.2) is 72.9 Å². The maximum atomic E-state index is 13.5. The van der Waals surface area contributed by atoms with Crippen molar-refractivity contribution in [1.29, 1.82) is 0 Å². The normalized spacial score (nSPS) is 41.7. The third-order valence-electron chi connectivity index (χ3n) is 12.7. The average molecular weight is 1030 g/mol. The minimum absolute atomic E-state index is 0.132. The predicted molar refractivity (Wildman–Crippen MR) is 263 cm³/mol. The number of aliphatic hydroxyl groups is 11. The van der Waals surface area contributed by atoms with Gasteiger partial charge in [0.15, 0.2) is 12.1 Å². The number of nitrogens with two attached hydrogens (primary N) is 1. The molecule has 21 nitrogen and oxygen atoms in total. The number of esters is 1. The summed E-state index contributed by atoms with van der Waals surface area (Å²) in [5.74, 6) is -6.65. The third kappa shape index (κ3) is 23.6. The Balaban J connectivity index is 0.00000427. The Labute approximate surface area is 422 Å². The Morgan fingerprint density at radius 3 is 1.94 bits per heavy atom. The molecular weight excluding hydrogens is 945 g/mol. The van der Waals surface area contributed by atoms with Crippen LogP contribution < -0.4 is 11.1 Å². The summed E-state index contributed by atoms with van der Waals surface area (Å²) in [6.45, 7) is 7.32. The Hall–Kier alpha value is -3.75. The van der Waals surface area contributed by atoms with Crippen molar-refractivity contribution >= 4 is 17.8 Å². The number of carboxylic acid groups (broad SMARTS) is 1. The van der Waals surface area contributed by atoms with Crippen molar-refractivity contribution in [2.75, 3.05) is 13.2 Å². The highest BCUT2D eigenvalue weighted by atomic mass is 16.7. The van der Waals surface area contributed by atoms with Crippen LogP contribution in [-0.2, 0) is 33.3 Å². The molecule has 3 aliphatic heterocycles. The van der Waals surface area contributed by atoms with E-state index in [-0.39, 0.29) is 44.6 Å². The topological polar surface area (TPSA) is 369 Å². The Bertz CT molecular complexity index is 1770. The molecule has 0 aromatic rings. The number of ether oxygens (including phenoxy) is 4. The van der Waals surface area contributed by atoms with Crippen LogP contribution in [0.1, 0.15) is 98.8 Å². The van der Waals surface area contributed by atoms with E-state index in [4.69, 9.17) is 34.6 Å². The zero-order chi connectivity index (χ0) is 54.1. The molecule has 412 valence electrons. The number of carbonyl (C=O) groups is 3. The highest BCUT2D eigenvalue weighted by Gasteiger charge is 2.51. The van der Waals surface area contributed by atoms with E-state index in [0.29, 0.717) is 0 Å². The summed E-state index contributed by atoms with van der Waals surface area (Å²) in [5, 5.41) is 129. The van der Waals surface area contributed by atoms with Gasteiger partial charge in [-0.15, -0.1) is 0 Å². The Morgan fingerprint density at radius 2 is 1.31 bits per heavy atom. The van der Waals surface area contributed by atoms with Crippen molar-refractivity contribution in [1.82, 2.24) is 5.32 Å². The van der Waals surface area contributed by atoms with Gasteiger partial charge in [-0.05, 0) is 52.4 Å². The van der Waals surface area contributed by atoms with Gasteiger partial charge in [-0.25, -0.2) is 0 Å². The fraction of sp³-hybridized carbons (Fsp3) is 0.706. The van der Waals surface area contributed by atoms with Gasteiger partial charge < -0.3 is 91.3 Å². The molecule has 0 unspecified atom stereocenters. The van der Waals surface area contributed by atoms with E-state index < -0.39 is 153 Å². The fourth-order valence-corrected chi connectivity index (χ4v) is 8.43. The van der Waals surface area contributed by atoms with Crippen LogP contribution in [0.2, 0.25) is 0 Å². The smallest absolute Gasteiger partial charge is 0.308 e. The van der Waals surface area contributed by atoms with Crippen LogP contribution in [0.25, 0.3) is 0 Å². The van der Waals surface area contributed by atoms with E-state index in [9.17, 15) is 65.8 Å². The zero-order valence-corrected chi connectivity index (χ0v) is 42.1. The lowest BCUT2D eigenvalue weighted by molar-refractivity contribution is -0.308. The van der Waals surface area contributed by atoms with E-state index in [1.54, 1.807) is 51.2 Å². The molecule has 0 aromatic carbocycles. The number of fused-ring (bicyclic) bond motifs is 2. The van der Waals surface area contributed by atoms with E-state index >= 15 is 0 Å². The monoisotopic (exact) mass is 1030 g/mol. The number of nitrogens with one attached hydrogen (secondary N) is 1. The van der Waals surface area contributed by atoms with Gasteiger partial charge in [0.05, 0.1) is 92.1 Å². The minimum atomic E-state index is -2.32. The molecule has 2 fully saturated rings. The largest absolute Gasteiger partial charge is 0.481 e. The molecule has 0 aliphatic carbocycles. The average Bonchev–Trinajstić information content (AvgIpc) is 3.29. The minimum Gasteiger partial charge on any atom is -0.481 e. The quantitative estimate of drug-likeness (QED) is 0.162. The van der Waals surface area contributed by atoms with E-state index in [2.05, 4.69) is 5.32 Å². The van der Waals surface area contributed by atoms with Crippen LogP contribution in [0, 0.1) is 17.8 Å². The first-order valence-corrected chi connectivity index (χ1v) is 24.8. The summed E-state index contributed by atoms with van der Waals surface area (Å²) >= 11 is 0. The molecule has 0 aromatic heterocycles. The lowest BCUT2D eigenvalue weighted by atomic mass is 9.82. The highest BCUT2D eigenvalue weighted by molar-refractivity contribution is 5.80. The van der Waals surface area contributed by atoms with Gasteiger partial charge in [0, 0.05) is 44.6 Å². The lowest BCUT2D eigenvalue weighted by Crippen LogP contribution is -2.62. The van der Waals surface area contributed by atoms with Crippen molar-refractivity contribution in [2.45, 2.75) is 196 Å². The van der Waals surface area contributed by atoms with E-state index in [1.165, 1.54) is 0 Å². The van der Waals surface area contributed by atoms with Crippen LogP contribution in [0.4, 0.5) is 0 Å². The zero-order valence-electron chi connectivity index (χ0n) is 42.1. The second kappa shape index (κ2) is 33.2. The second-order valence-corrected chi connectivity index (χ2v) is 19.0. The summed E-state index contributed by atoms with van der Waals surface area (Å²) in [5.41, 5.74) is 6.07. The number of cyclic esters (lactones) is 1. The Kier molecular flexibility index (Phi) is 29.7. The first-order valence-electron chi connectivity index (χ1n) is 24.8. The SMILES string of the molecule is CC(=O)O.C[C@@H]1[C@H](O)[C@@H](C)/C=C/C=C/CC/C=C/C=C/C=C/C=C/[C@H](O[C@@H]2O[C@H](C)[C@@H](O)[C@H](N)[C@@H]2O)C[C@@H]2O[C@](O)(C[C@@H](O)[C@H](O)CC[C@@H](O)C[C@@H](O)C[C@@H](O)CC(=O)O[C@H]1C)C[C@H](O)[C@H]2C(=O)NCCO. The maximum Gasteiger partial charge on any atom is 0.308 e. The highest BCUT2D eigenvalue weighted by Crippen LogP contribution is 2.38. The van der Waals surface area contributed by atoms with E-state index in [0.717, 1.165) is 19.8 Å². The maximum absolute atomic E-state index is 13.5. The van der Waals surface area contributed by atoms with Crippen molar-refractivity contribution < 1.29 is 94.6 Å². The number of hydrogen-bond acceptors (Lipinski definition) is 19. The fourth-order valence-electron chi connectivity index (χ4n) is 8.43. The molecule has 21 heteroatoms. The summed E-state index contributed by atoms with van der Waals surface area (Å²) in [6.07, 6.45) is 2.96. The first kappa shape index (κ1) is 64.4. The molecule has 3 rings (SSSR count). The summed E-state index contributed by atoms with van der Waals surface area (Å²) in [4.78, 5) is 35.1. The number of rotatable bonds is 5. The molecule has 2 bridgehead atoms. The first-order chi connectivity index (χ1) is 33.9. The van der Waals surface area contributed by atoms with Crippen molar-refractivity contribution in [2.24, 2.45) is 23.5 Å². The van der Waals surface area contributed by atoms with Gasteiger partial charge in [0.1, 0.15) is 12.2 Å². The van der Waals surface area contributed by atoms with Gasteiger partial charge in [0.25, 0.3) is 5.97 Å². The number of carboxylic acids is 1. The van der Waals surface area contributed by atoms with Gasteiger partial charge in [0.2, 0.25) is 5.91 Å². The predicted octanol–water partition coefficient (Wildman–Crippen LogP) is 0.0505. The number of allylic oxidation sites excluding steroid dienone is 10. The Morgan fingerprint density at radius 1 is 0.736 bits per heavy atom. The number of aliphatic carboxylic acids is 1. The molecule has 0 spiro atoms. The number of hydrogen-bond donors (Lipinski definition) is 14. The summed E-state index contributed by atoms with van der Waals surface area (Å²) in [6, 6.07) is -1.14. The third-order valence-corrected chi connectivity index (χ3v) is 12.7. The van der Waals surface area contributed by atoms with Crippen LogP contribution in [-0.4, -0.2) is 190 Å². The molecule has 0 saturated carbocycles. The molecule has 72 heavy (non-hydrogen) atoms. The van der Waals surface area contributed by atoms with Crippen molar-refractivity contribution in [3.63, 3.8) is 0 Å². The molecule has 3 heterocycles. The van der Waals surface area contributed by atoms with Crippen LogP contribution in [0.5, 0.6) is 0 Å². The van der Waals surface area contributed by atoms with Crippen LogP contribution in [0.3, 0.4) is 0 Å². The molecule has 3 aliphatic rings. The molecule has 2 saturated heterocycles. The second-order valence-electron chi connectivity index (χ2n) is 19.0. The van der Waals surface area contributed by atoms with Crippen molar-refractivity contribution in [3.8, 4) is 0 Å². The van der Waals surface area contributed by atoms with Crippen LogP contribution >= 0.6 is 0 Å². The molecule has 1 amide bonds. The molecule has 0 radical (unpaired) electrons. The number of amides is 1. The van der Waals surface area contributed by atoms with Gasteiger partial charge in [-0.3, -0.25) is 14.4 Å². The van der Waals surface area contributed by atoms with Crippen molar-refractivity contribution in [3.05, 3.63) is 72.9 Å². The number of carbonyl (C=O) groups excluding carboxylic acids is 2. The summed E-state index contributed by atoms with van der Waals surface area (Å²) in [7, 11) is 0. The molecular formula is C51H84N2O19. The van der Waals surface area contributed by atoms with Gasteiger partial charge in [-0.2, -0.15) is 0 Å². The molecule has 15 N–H and O–H groups in total. The van der Waals surface area contributed by atoms with E-state index in [1.807, 2.05) is 49.5 Å². The lowest BCUT2D eigenvalue weighted by Gasteiger charge is -2.46. The number of aliphatic hydroxyl groups excluding tert-OH is 10. The standard InChI is InChI=1S/C49H80N2O17.C2H4O2/c1-29-17-15-13-11-9-7-5-6-8-10-12-14-16-18-36(67-48-46(62)43(50)45(61)32(4)66-48)26-40-42(47(63)51-21-22-52)39(58)28-49(64,68-40)27-38(57)37(56)20-19-33(53)23-34(54)24-35(55)25-41(59)65-31(3)30(2)44(29)60;1-2(3)4/h5-6,8,10-18,29-40,42-46,48,52-58,60-62,64H,7,9,19-28,50H2,1-4H3,(H,51,63);1H3,(H,3,4)/b6-5+,10-8+,13-11+,14-12+,17-15+,18-16+;/t29-,30-,31-,32+,33+,34+,35+,36-,37+,38+,39-,40-,42+,43-,44+,45+,46-,48-,49+;/m0./s1. The molecule has 19 atom stereocenters. The van der Waals surface area contributed by atoms with Gasteiger partial charge >= 0.3 is 5.97 Å².